The van der Waals surface area contributed by atoms with Gasteiger partial charge in [0.05, 0.1) is 0 Å². The number of rotatable bonds is 5. The van der Waals surface area contributed by atoms with Crippen LogP contribution in [-0.4, -0.2) is 24.3 Å². The molecule has 0 unspecified atom stereocenters. The first kappa shape index (κ1) is 12.6. The molecule has 1 N–H and O–H groups in total. The molecule has 0 radical (unpaired) electrons. The van der Waals surface area contributed by atoms with Crippen molar-refractivity contribution < 1.29 is 8.42 Å². The van der Waals surface area contributed by atoms with Crippen molar-refractivity contribution in [3.8, 4) is 0 Å². The Hall–Kier alpha value is -0.890. The summed E-state index contributed by atoms with van der Waals surface area (Å²) in [6, 6.07) is 0. The standard InChI is InChI=1S/C9H10ClN3O2S2/c1-2-3-4-11-17(14,15)8-7(10)12-9-13(8)5-6-16-9/h2,5-6,11H,1,3-4H2. The van der Waals surface area contributed by atoms with Gasteiger partial charge in [0.15, 0.2) is 15.1 Å². The van der Waals surface area contributed by atoms with Gasteiger partial charge in [0.25, 0.3) is 10.0 Å². The van der Waals surface area contributed by atoms with Gasteiger partial charge in [-0.15, -0.1) is 17.9 Å². The average Bonchev–Trinajstić information content (AvgIpc) is 2.76. The molecule has 2 aromatic heterocycles. The zero-order valence-corrected chi connectivity index (χ0v) is 11.1. The third kappa shape index (κ3) is 2.37. The highest BCUT2D eigenvalue weighted by atomic mass is 35.5. The van der Waals surface area contributed by atoms with Crippen molar-refractivity contribution in [2.75, 3.05) is 6.54 Å². The van der Waals surface area contributed by atoms with E-state index in [1.165, 1.54) is 15.7 Å². The summed E-state index contributed by atoms with van der Waals surface area (Å²) in [5.74, 6) is 0. The second kappa shape index (κ2) is 4.77. The maximum absolute atomic E-state index is 12.0. The topological polar surface area (TPSA) is 63.5 Å². The molecule has 0 atom stereocenters. The molecule has 92 valence electrons. The molecule has 5 nitrogen and oxygen atoms in total. The van der Waals surface area contributed by atoms with Gasteiger partial charge < -0.3 is 0 Å². The van der Waals surface area contributed by atoms with Gasteiger partial charge in [-0.2, -0.15) is 0 Å². The predicted molar refractivity (Wildman–Crippen MR) is 68.1 cm³/mol. The molecule has 2 rings (SSSR count). The van der Waals surface area contributed by atoms with Gasteiger partial charge in [0, 0.05) is 18.1 Å². The van der Waals surface area contributed by atoms with Gasteiger partial charge >= 0.3 is 0 Å². The molecular weight excluding hydrogens is 282 g/mol. The number of fused-ring (bicyclic) bond motifs is 1. The Morgan fingerprint density at radius 2 is 2.41 bits per heavy atom. The molecule has 0 aliphatic heterocycles. The quantitative estimate of drug-likeness (QED) is 0.676. The first-order chi connectivity index (χ1) is 8.06. The van der Waals surface area contributed by atoms with E-state index in [2.05, 4.69) is 16.3 Å². The minimum absolute atomic E-state index is 0.0112. The largest absolute Gasteiger partial charge is 0.279 e. The van der Waals surface area contributed by atoms with Gasteiger partial charge in [0.1, 0.15) is 0 Å². The van der Waals surface area contributed by atoms with Gasteiger partial charge in [-0.25, -0.2) is 18.1 Å². The van der Waals surface area contributed by atoms with E-state index in [4.69, 9.17) is 11.6 Å². The lowest BCUT2D eigenvalue weighted by Crippen LogP contribution is -2.25. The molecule has 0 bridgehead atoms. The third-order valence-electron chi connectivity index (χ3n) is 2.07. The highest BCUT2D eigenvalue weighted by molar-refractivity contribution is 7.89. The molecule has 0 aliphatic carbocycles. The van der Waals surface area contributed by atoms with Crippen LogP contribution in [0.3, 0.4) is 0 Å². The van der Waals surface area contributed by atoms with Crippen molar-refractivity contribution in [3.63, 3.8) is 0 Å². The Morgan fingerprint density at radius 1 is 1.65 bits per heavy atom. The number of aromatic nitrogens is 2. The van der Waals surface area contributed by atoms with Gasteiger partial charge in [0.2, 0.25) is 0 Å². The lowest BCUT2D eigenvalue weighted by molar-refractivity contribution is 0.577. The molecule has 0 spiro atoms. The number of imidazole rings is 1. The Bertz CT molecular complexity index is 644. The molecule has 0 amide bonds. The van der Waals surface area contributed by atoms with Crippen molar-refractivity contribution in [1.29, 1.82) is 0 Å². The summed E-state index contributed by atoms with van der Waals surface area (Å²) < 4.78 is 27.9. The Kier molecular flexibility index (Phi) is 3.53. The van der Waals surface area contributed by atoms with Crippen molar-refractivity contribution in [3.05, 3.63) is 29.4 Å². The van der Waals surface area contributed by atoms with Crippen LogP contribution < -0.4 is 4.72 Å². The lowest BCUT2D eigenvalue weighted by atomic mass is 10.4. The SMILES string of the molecule is C=CCCNS(=O)(=O)c1c(Cl)nc2sccn12. The maximum Gasteiger partial charge on any atom is 0.259 e. The molecule has 8 heteroatoms. The van der Waals surface area contributed by atoms with Gasteiger partial charge in [-0.05, 0) is 6.42 Å². The minimum Gasteiger partial charge on any atom is -0.279 e. The van der Waals surface area contributed by atoms with E-state index in [0.717, 1.165) is 0 Å². The molecule has 0 saturated heterocycles. The summed E-state index contributed by atoms with van der Waals surface area (Å²) in [5, 5.41) is 1.73. The fraction of sp³-hybridized carbons (Fsp3) is 0.222. The lowest BCUT2D eigenvalue weighted by Gasteiger charge is -2.04. The summed E-state index contributed by atoms with van der Waals surface area (Å²) in [6.45, 7) is 3.82. The number of hydrogen-bond acceptors (Lipinski definition) is 4. The van der Waals surface area contributed by atoms with Crippen LogP contribution in [0.1, 0.15) is 6.42 Å². The van der Waals surface area contributed by atoms with Crippen LogP contribution in [0, 0.1) is 0 Å². The summed E-state index contributed by atoms with van der Waals surface area (Å²) in [6.07, 6.45) is 3.82. The molecular formula is C9H10ClN3O2S2. The fourth-order valence-electron chi connectivity index (χ4n) is 1.34. The Labute approximate surface area is 108 Å². The maximum atomic E-state index is 12.0. The molecule has 2 heterocycles. The highest BCUT2D eigenvalue weighted by Crippen LogP contribution is 2.24. The zero-order valence-electron chi connectivity index (χ0n) is 8.76. The number of nitrogens with zero attached hydrogens (tertiary/aromatic N) is 2. The second-order valence-electron chi connectivity index (χ2n) is 3.24. The van der Waals surface area contributed by atoms with Crippen molar-refractivity contribution >= 4 is 37.9 Å². The van der Waals surface area contributed by atoms with Crippen molar-refractivity contribution in [1.82, 2.24) is 14.1 Å². The summed E-state index contributed by atoms with van der Waals surface area (Å²) in [4.78, 5) is 4.53. The van der Waals surface area contributed by atoms with Crippen LogP contribution in [0.5, 0.6) is 0 Å². The van der Waals surface area contributed by atoms with E-state index in [9.17, 15) is 8.42 Å². The van der Waals surface area contributed by atoms with Crippen LogP contribution in [0.4, 0.5) is 0 Å². The molecule has 17 heavy (non-hydrogen) atoms. The molecule has 2 aromatic rings. The first-order valence-corrected chi connectivity index (χ1v) is 7.52. The zero-order chi connectivity index (χ0) is 12.5. The number of hydrogen-bond donors (Lipinski definition) is 1. The van der Waals surface area contributed by atoms with Crippen LogP contribution in [-0.2, 0) is 10.0 Å². The van der Waals surface area contributed by atoms with Crippen LogP contribution in [0.2, 0.25) is 5.15 Å². The first-order valence-electron chi connectivity index (χ1n) is 4.78. The Morgan fingerprint density at radius 3 is 3.12 bits per heavy atom. The van der Waals surface area contributed by atoms with Crippen LogP contribution in [0.15, 0.2) is 29.3 Å². The minimum atomic E-state index is -3.64. The van der Waals surface area contributed by atoms with Crippen molar-refractivity contribution in [2.45, 2.75) is 11.4 Å². The monoisotopic (exact) mass is 291 g/mol. The molecule has 0 aromatic carbocycles. The smallest absolute Gasteiger partial charge is 0.259 e. The normalized spacial score (nSPS) is 12.1. The van der Waals surface area contributed by atoms with E-state index in [1.807, 2.05) is 0 Å². The second-order valence-corrected chi connectivity index (χ2v) is 6.15. The van der Waals surface area contributed by atoms with Crippen molar-refractivity contribution in [2.24, 2.45) is 0 Å². The van der Waals surface area contributed by atoms with E-state index in [0.29, 0.717) is 17.9 Å². The Balaban J connectivity index is 2.40. The van der Waals surface area contributed by atoms with Gasteiger partial charge in [-0.3, -0.25) is 4.40 Å². The summed E-state index contributed by atoms with van der Waals surface area (Å²) in [7, 11) is -3.64. The summed E-state index contributed by atoms with van der Waals surface area (Å²) in [5.41, 5.74) is 0. The fourth-order valence-corrected chi connectivity index (χ4v) is 3.84. The molecule has 0 aliphatic rings. The predicted octanol–water partition coefficient (Wildman–Crippen LogP) is 1.90. The third-order valence-corrected chi connectivity index (χ3v) is 4.69. The average molecular weight is 292 g/mol. The van der Waals surface area contributed by atoms with Crippen LogP contribution >= 0.6 is 22.9 Å². The van der Waals surface area contributed by atoms with Gasteiger partial charge in [-0.1, -0.05) is 17.7 Å². The number of nitrogens with one attached hydrogen (secondary N) is 1. The number of halogens is 1. The van der Waals surface area contributed by atoms with E-state index >= 15 is 0 Å². The highest BCUT2D eigenvalue weighted by Gasteiger charge is 2.24. The number of sulfonamides is 1. The molecule has 0 fully saturated rings. The number of thiazole rings is 1. The van der Waals surface area contributed by atoms with E-state index < -0.39 is 10.0 Å². The summed E-state index contributed by atoms with van der Waals surface area (Å²) >= 11 is 7.17. The van der Waals surface area contributed by atoms with E-state index in [1.54, 1.807) is 17.7 Å². The van der Waals surface area contributed by atoms with Crippen LogP contribution in [0.25, 0.3) is 4.96 Å². The molecule has 0 saturated carbocycles. The van der Waals surface area contributed by atoms with E-state index in [-0.39, 0.29) is 10.2 Å².